The van der Waals surface area contributed by atoms with Crippen LogP contribution < -0.4 is 5.32 Å². The standard InChI is InChI=1S/C22H23N5O/c1-16-8-9-21-24-20(15-27(21)14-16)22(28)25-19(18-6-4-3-5-7-18)10-12-26-13-11-23-17(26)2/h3-9,11,13-15,19H,10,12H2,1-2H3,(H,25,28)/t19-/m1/s1. The summed E-state index contributed by atoms with van der Waals surface area (Å²) in [5.41, 5.74) is 3.38. The van der Waals surface area contributed by atoms with Crippen molar-refractivity contribution in [3.05, 3.63) is 89.9 Å². The van der Waals surface area contributed by atoms with Gasteiger partial charge in [-0.2, -0.15) is 0 Å². The highest BCUT2D eigenvalue weighted by Crippen LogP contribution is 2.19. The second kappa shape index (κ2) is 7.68. The summed E-state index contributed by atoms with van der Waals surface area (Å²) in [5.74, 6) is 0.798. The molecule has 0 aliphatic rings. The van der Waals surface area contributed by atoms with Crippen LogP contribution in [0, 0.1) is 13.8 Å². The minimum absolute atomic E-state index is 0.109. The molecule has 142 valence electrons. The lowest BCUT2D eigenvalue weighted by Gasteiger charge is -2.19. The topological polar surface area (TPSA) is 64.2 Å². The zero-order valence-corrected chi connectivity index (χ0v) is 16.0. The number of aromatic nitrogens is 4. The molecular weight excluding hydrogens is 350 g/mol. The third kappa shape index (κ3) is 3.81. The molecule has 1 amide bonds. The fraction of sp³-hybridized carbons (Fsp3) is 0.227. The summed E-state index contributed by atoms with van der Waals surface area (Å²) in [6.45, 7) is 4.77. The van der Waals surface area contributed by atoms with Gasteiger partial charge < -0.3 is 14.3 Å². The van der Waals surface area contributed by atoms with Crippen LogP contribution in [0.5, 0.6) is 0 Å². The molecule has 4 rings (SSSR count). The Balaban J connectivity index is 1.55. The Hall–Kier alpha value is -3.41. The first kappa shape index (κ1) is 18.0. The number of nitrogens with one attached hydrogen (secondary N) is 1. The fourth-order valence-corrected chi connectivity index (χ4v) is 3.36. The predicted molar refractivity (Wildman–Crippen MR) is 108 cm³/mol. The summed E-state index contributed by atoms with van der Waals surface area (Å²) in [5, 5.41) is 3.16. The van der Waals surface area contributed by atoms with Crippen LogP contribution in [0.15, 0.2) is 67.3 Å². The third-order valence-corrected chi connectivity index (χ3v) is 4.92. The summed E-state index contributed by atoms with van der Waals surface area (Å²) in [4.78, 5) is 21.6. The minimum Gasteiger partial charge on any atom is -0.344 e. The van der Waals surface area contributed by atoms with E-state index in [0.717, 1.165) is 35.6 Å². The van der Waals surface area contributed by atoms with Gasteiger partial charge in [-0.1, -0.05) is 36.4 Å². The molecule has 1 N–H and O–H groups in total. The summed E-state index contributed by atoms with van der Waals surface area (Å²) >= 11 is 0. The maximum Gasteiger partial charge on any atom is 0.271 e. The number of benzene rings is 1. The van der Waals surface area contributed by atoms with Crippen molar-refractivity contribution in [2.45, 2.75) is 32.9 Å². The molecule has 6 nitrogen and oxygen atoms in total. The van der Waals surface area contributed by atoms with E-state index in [9.17, 15) is 4.79 Å². The van der Waals surface area contributed by atoms with Gasteiger partial charge in [-0.3, -0.25) is 4.79 Å². The van der Waals surface area contributed by atoms with Crippen molar-refractivity contribution < 1.29 is 4.79 Å². The second-order valence-electron chi connectivity index (χ2n) is 6.99. The number of imidazole rings is 2. The van der Waals surface area contributed by atoms with Gasteiger partial charge in [0, 0.05) is 31.3 Å². The van der Waals surface area contributed by atoms with Crippen LogP contribution in [-0.4, -0.2) is 24.8 Å². The zero-order chi connectivity index (χ0) is 19.5. The van der Waals surface area contributed by atoms with Gasteiger partial charge in [0.05, 0.1) is 6.04 Å². The molecule has 0 radical (unpaired) electrons. The van der Waals surface area contributed by atoms with Crippen molar-refractivity contribution >= 4 is 11.6 Å². The number of nitrogens with zero attached hydrogens (tertiary/aromatic N) is 4. The molecule has 1 atom stereocenters. The highest BCUT2D eigenvalue weighted by molar-refractivity contribution is 5.93. The van der Waals surface area contributed by atoms with E-state index in [-0.39, 0.29) is 11.9 Å². The van der Waals surface area contributed by atoms with Gasteiger partial charge >= 0.3 is 0 Å². The van der Waals surface area contributed by atoms with Crippen molar-refractivity contribution in [2.24, 2.45) is 0 Å². The summed E-state index contributed by atoms with van der Waals surface area (Å²) in [7, 11) is 0. The van der Waals surface area contributed by atoms with Gasteiger partial charge in [0.25, 0.3) is 5.91 Å². The summed E-state index contributed by atoms with van der Waals surface area (Å²) < 4.78 is 3.98. The monoisotopic (exact) mass is 373 g/mol. The fourth-order valence-electron chi connectivity index (χ4n) is 3.36. The number of amides is 1. The van der Waals surface area contributed by atoms with Crippen molar-refractivity contribution in [3.8, 4) is 0 Å². The lowest BCUT2D eigenvalue weighted by atomic mass is 10.0. The minimum atomic E-state index is -0.169. The Morgan fingerprint density at radius 1 is 1.11 bits per heavy atom. The van der Waals surface area contributed by atoms with Crippen LogP contribution >= 0.6 is 0 Å². The first-order valence-electron chi connectivity index (χ1n) is 9.39. The number of hydrogen-bond donors (Lipinski definition) is 1. The van der Waals surface area contributed by atoms with Crippen LogP contribution in [-0.2, 0) is 6.54 Å². The molecule has 3 heterocycles. The Kier molecular flexibility index (Phi) is 4.93. The first-order valence-corrected chi connectivity index (χ1v) is 9.39. The van der Waals surface area contributed by atoms with Gasteiger partial charge in [-0.05, 0) is 37.5 Å². The quantitative estimate of drug-likeness (QED) is 0.560. The van der Waals surface area contributed by atoms with Crippen molar-refractivity contribution in [1.29, 1.82) is 0 Å². The molecule has 28 heavy (non-hydrogen) atoms. The highest BCUT2D eigenvalue weighted by Gasteiger charge is 2.18. The molecule has 6 heteroatoms. The molecule has 0 aliphatic heterocycles. The van der Waals surface area contributed by atoms with E-state index in [2.05, 4.69) is 19.9 Å². The van der Waals surface area contributed by atoms with Crippen LogP contribution in [0.1, 0.15) is 39.9 Å². The number of carbonyl (C=O) groups excluding carboxylic acids is 1. The van der Waals surface area contributed by atoms with Crippen molar-refractivity contribution in [3.63, 3.8) is 0 Å². The molecule has 0 bridgehead atoms. The molecule has 0 spiro atoms. The van der Waals surface area contributed by atoms with Crippen LogP contribution in [0.2, 0.25) is 0 Å². The first-order chi connectivity index (χ1) is 13.6. The molecule has 0 saturated heterocycles. The number of hydrogen-bond acceptors (Lipinski definition) is 3. The third-order valence-electron chi connectivity index (χ3n) is 4.92. The predicted octanol–water partition coefficient (Wildman–Crippen LogP) is 3.71. The molecule has 3 aromatic heterocycles. The Morgan fingerprint density at radius 2 is 1.93 bits per heavy atom. The maximum absolute atomic E-state index is 12.9. The van der Waals surface area contributed by atoms with Gasteiger partial charge in [0.15, 0.2) is 0 Å². The molecule has 0 fully saturated rings. The van der Waals surface area contributed by atoms with Gasteiger partial charge in [0.2, 0.25) is 0 Å². The van der Waals surface area contributed by atoms with Gasteiger partial charge in [-0.25, -0.2) is 9.97 Å². The van der Waals surface area contributed by atoms with Crippen molar-refractivity contribution in [1.82, 2.24) is 24.3 Å². The average Bonchev–Trinajstić information content (AvgIpc) is 3.31. The normalized spacial score (nSPS) is 12.2. The number of carbonyl (C=O) groups is 1. The second-order valence-corrected chi connectivity index (χ2v) is 6.99. The van der Waals surface area contributed by atoms with Gasteiger partial charge in [0.1, 0.15) is 17.2 Å². The zero-order valence-electron chi connectivity index (χ0n) is 16.0. The lowest BCUT2D eigenvalue weighted by molar-refractivity contribution is 0.0929. The molecule has 0 aliphatic carbocycles. The molecular formula is C22H23N5O. The van der Waals surface area contributed by atoms with Crippen molar-refractivity contribution in [2.75, 3.05) is 0 Å². The number of pyridine rings is 1. The summed E-state index contributed by atoms with van der Waals surface area (Å²) in [6, 6.07) is 13.8. The molecule has 0 saturated carbocycles. The van der Waals surface area contributed by atoms with E-state index in [4.69, 9.17) is 0 Å². The van der Waals surface area contributed by atoms with E-state index in [1.165, 1.54) is 0 Å². The molecule has 1 aromatic carbocycles. The maximum atomic E-state index is 12.9. The number of rotatable bonds is 6. The highest BCUT2D eigenvalue weighted by atomic mass is 16.2. The Morgan fingerprint density at radius 3 is 2.68 bits per heavy atom. The number of aryl methyl sites for hydroxylation is 3. The van der Waals surface area contributed by atoms with Crippen LogP contribution in [0.3, 0.4) is 0 Å². The lowest BCUT2D eigenvalue weighted by Crippen LogP contribution is -2.29. The Labute approximate surface area is 163 Å². The SMILES string of the molecule is Cc1ccc2nc(C(=O)N[C@H](CCn3ccnc3C)c3ccccc3)cn2c1. The van der Waals surface area contributed by atoms with E-state index in [1.807, 2.05) is 73.1 Å². The van der Waals surface area contributed by atoms with Gasteiger partial charge in [-0.15, -0.1) is 0 Å². The van der Waals surface area contributed by atoms with E-state index < -0.39 is 0 Å². The Bertz CT molecular complexity index is 1100. The molecule has 0 unspecified atom stereocenters. The average molecular weight is 373 g/mol. The number of fused-ring (bicyclic) bond motifs is 1. The van der Waals surface area contributed by atoms with Crippen LogP contribution in [0.4, 0.5) is 0 Å². The van der Waals surface area contributed by atoms with E-state index >= 15 is 0 Å². The van der Waals surface area contributed by atoms with E-state index in [0.29, 0.717) is 5.69 Å². The molecule has 4 aromatic rings. The largest absolute Gasteiger partial charge is 0.344 e. The van der Waals surface area contributed by atoms with Crippen LogP contribution in [0.25, 0.3) is 5.65 Å². The summed E-state index contributed by atoms with van der Waals surface area (Å²) in [6.07, 6.45) is 8.27. The van der Waals surface area contributed by atoms with E-state index in [1.54, 1.807) is 12.4 Å². The smallest absolute Gasteiger partial charge is 0.271 e.